The van der Waals surface area contributed by atoms with Crippen LogP contribution in [0.3, 0.4) is 0 Å². The van der Waals surface area contributed by atoms with Crippen LogP contribution in [0.2, 0.25) is 0 Å². The Morgan fingerprint density at radius 1 is 0.867 bits per heavy atom. The third kappa shape index (κ3) is 3.27. The SMILES string of the molecule is O=C(Cn1c2ccccc2c(=O)c2ccccc21)Nc1nc(-c2ccccc2)cs1. The maximum absolute atomic E-state index is 12.9. The first-order valence-corrected chi connectivity index (χ1v) is 10.4. The fourth-order valence-corrected chi connectivity index (χ4v) is 4.36. The van der Waals surface area contributed by atoms with Gasteiger partial charge in [-0.3, -0.25) is 9.59 Å². The van der Waals surface area contributed by atoms with Gasteiger partial charge in [-0.1, -0.05) is 54.6 Å². The number of amides is 1. The second-order valence-corrected chi connectivity index (χ2v) is 7.76. The van der Waals surface area contributed by atoms with Gasteiger partial charge in [0, 0.05) is 21.7 Å². The van der Waals surface area contributed by atoms with E-state index in [2.05, 4.69) is 10.3 Å². The van der Waals surface area contributed by atoms with Crippen LogP contribution in [0, 0.1) is 0 Å². The predicted octanol–water partition coefficient (Wildman–Crippen LogP) is 4.92. The van der Waals surface area contributed by atoms with E-state index in [-0.39, 0.29) is 17.9 Å². The van der Waals surface area contributed by atoms with Crippen molar-refractivity contribution in [1.82, 2.24) is 9.55 Å². The Balaban J connectivity index is 1.49. The zero-order valence-electron chi connectivity index (χ0n) is 15.9. The van der Waals surface area contributed by atoms with Crippen LogP contribution in [0.1, 0.15) is 0 Å². The number of carbonyl (C=O) groups is 1. The van der Waals surface area contributed by atoms with Crippen LogP contribution in [0.25, 0.3) is 33.1 Å². The van der Waals surface area contributed by atoms with Crippen LogP contribution in [-0.4, -0.2) is 15.5 Å². The second-order valence-electron chi connectivity index (χ2n) is 6.90. The number of hydrogen-bond acceptors (Lipinski definition) is 4. The number of carbonyl (C=O) groups excluding carboxylic acids is 1. The minimum atomic E-state index is -0.192. The Hall–Kier alpha value is -3.77. The van der Waals surface area contributed by atoms with Crippen molar-refractivity contribution in [3.05, 3.63) is 94.5 Å². The fourth-order valence-electron chi connectivity index (χ4n) is 3.62. The molecule has 0 unspecified atom stereocenters. The topological polar surface area (TPSA) is 64.0 Å². The Morgan fingerprint density at radius 3 is 2.13 bits per heavy atom. The van der Waals surface area contributed by atoms with E-state index in [1.807, 2.05) is 76.7 Å². The minimum absolute atomic E-state index is 0.0229. The van der Waals surface area contributed by atoms with E-state index in [0.717, 1.165) is 22.3 Å². The molecule has 5 nitrogen and oxygen atoms in total. The molecule has 3 aromatic carbocycles. The molecule has 2 heterocycles. The Labute approximate surface area is 176 Å². The molecule has 0 bridgehead atoms. The number of nitrogens with zero attached hydrogens (tertiary/aromatic N) is 2. The largest absolute Gasteiger partial charge is 0.331 e. The summed E-state index contributed by atoms with van der Waals surface area (Å²) in [5.74, 6) is -0.192. The van der Waals surface area contributed by atoms with Gasteiger partial charge in [0.05, 0.1) is 16.7 Å². The van der Waals surface area contributed by atoms with Crippen molar-refractivity contribution in [3.8, 4) is 11.3 Å². The van der Waals surface area contributed by atoms with Gasteiger partial charge in [0.25, 0.3) is 0 Å². The summed E-state index contributed by atoms with van der Waals surface area (Å²) in [4.78, 5) is 30.2. The summed E-state index contributed by atoms with van der Waals surface area (Å²) >= 11 is 1.39. The van der Waals surface area contributed by atoms with Gasteiger partial charge in [0.1, 0.15) is 6.54 Å². The molecule has 0 aliphatic carbocycles. The lowest BCUT2D eigenvalue weighted by atomic mass is 10.1. The summed E-state index contributed by atoms with van der Waals surface area (Å²) in [6, 6.07) is 24.6. The number of aromatic nitrogens is 2. The first kappa shape index (κ1) is 18.3. The number of hydrogen-bond donors (Lipinski definition) is 1. The van der Waals surface area contributed by atoms with E-state index in [9.17, 15) is 9.59 Å². The van der Waals surface area contributed by atoms with Gasteiger partial charge in [-0.25, -0.2) is 4.98 Å². The number of para-hydroxylation sites is 2. The summed E-state index contributed by atoms with van der Waals surface area (Å²) in [6.45, 7) is 0.0849. The highest BCUT2D eigenvalue weighted by atomic mass is 32.1. The maximum atomic E-state index is 12.9. The van der Waals surface area contributed by atoms with E-state index in [1.54, 1.807) is 12.1 Å². The van der Waals surface area contributed by atoms with Gasteiger partial charge in [0.15, 0.2) is 10.6 Å². The van der Waals surface area contributed by atoms with Gasteiger partial charge in [-0.2, -0.15) is 0 Å². The molecular formula is C24H17N3O2S. The van der Waals surface area contributed by atoms with Crippen LogP contribution in [-0.2, 0) is 11.3 Å². The van der Waals surface area contributed by atoms with E-state index in [1.165, 1.54) is 11.3 Å². The number of nitrogens with one attached hydrogen (secondary N) is 1. The average Bonchev–Trinajstić information content (AvgIpc) is 3.25. The van der Waals surface area contributed by atoms with Crippen LogP contribution in [0.5, 0.6) is 0 Å². The van der Waals surface area contributed by atoms with Gasteiger partial charge >= 0.3 is 0 Å². The summed E-state index contributed by atoms with van der Waals surface area (Å²) in [6.07, 6.45) is 0. The molecule has 0 fully saturated rings. The molecule has 30 heavy (non-hydrogen) atoms. The summed E-state index contributed by atoms with van der Waals surface area (Å²) in [5, 5.41) is 6.57. The maximum Gasteiger partial charge on any atom is 0.246 e. The predicted molar refractivity (Wildman–Crippen MR) is 122 cm³/mol. The van der Waals surface area contributed by atoms with Crippen LogP contribution >= 0.6 is 11.3 Å². The highest BCUT2D eigenvalue weighted by molar-refractivity contribution is 7.14. The summed E-state index contributed by atoms with van der Waals surface area (Å²) in [5.41, 5.74) is 3.29. The normalized spacial score (nSPS) is 11.1. The Kier molecular flexibility index (Phi) is 4.61. The lowest BCUT2D eigenvalue weighted by molar-refractivity contribution is -0.116. The summed E-state index contributed by atoms with van der Waals surface area (Å²) in [7, 11) is 0. The molecule has 0 aliphatic heterocycles. The molecule has 0 saturated carbocycles. The van der Waals surface area contributed by atoms with E-state index < -0.39 is 0 Å². The molecule has 0 spiro atoms. The molecule has 0 radical (unpaired) electrons. The minimum Gasteiger partial charge on any atom is -0.331 e. The van der Waals surface area contributed by atoms with Gasteiger partial charge in [-0.05, 0) is 24.3 Å². The van der Waals surface area contributed by atoms with Gasteiger partial charge < -0.3 is 9.88 Å². The molecule has 146 valence electrons. The molecule has 0 atom stereocenters. The number of rotatable bonds is 4. The highest BCUT2D eigenvalue weighted by Crippen LogP contribution is 2.25. The smallest absolute Gasteiger partial charge is 0.246 e. The van der Waals surface area contributed by atoms with Crippen molar-refractivity contribution in [2.45, 2.75) is 6.54 Å². The molecule has 6 heteroatoms. The van der Waals surface area contributed by atoms with E-state index >= 15 is 0 Å². The van der Waals surface area contributed by atoms with Gasteiger partial charge in [-0.15, -0.1) is 11.3 Å². The Morgan fingerprint density at radius 2 is 1.47 bits per heavy atom. The van der Waals surface area contributed by atoms with Crippen LogP contribution < -0.4 is 10.7 Å². The Bertz CT molecular complexity index is 1380. The molecular weight excluding hydrogens is 394 g/mol. The zero-order valence-corrected chi connectivity index (χ0v) is 16.7. The van der Waals surface area contributed by atoms with Gasteiger partial charge in [0.2, 0.25) is 5.91 Å². The molecule has 5 rings (SSSR count). The molecule has 2 aromatic heterocycles. The highest BCUT2D eigenvalue weighted by Gasteiger charge is 2.14. The van der Waals surface area contributed by atoms with E-state index in [0.29, 0.717) is 15.9 Å². The fraction of sp³-hybridized carbons (Fsp3) is 0.0417. The molecule has 0 aliphatic rings. The third-order valence-corrected chi connectivity index (χ3v) is 5.76. The molecule has 1 amide bonds. The second kappa shape index (κ2) is 7.57. The van der Waals surface area contributed by atoms with Crippen molar-refractivity contribution in [2.75, 3.05) is 5.32 Å². The monoisotopic (exact) mass is 411 g/mol. The number of pyridine rings is 1. The third-order valence-electron chi connectivity index (χ3n) is 5.00. The molecule has 0 saturated heterocycles. The van der Waals surface area contributed by atoms with Crippen molar-refractivity contribution in [2.24, 2.45) is 0 Å². The average molecular weight is 411 g/mol. The lowest BCUT2D eigenvalue weighted by Gasteiger charge is -2.14. The van der Waals surface area contributed by atoms with Crippen molar-refractivity contribution >= 4 is 44.2 Å². The zero-order chi connectivity index (χ0) is 20.5. The van der Waals surface area contributed by atoms with Crippen molar-refractivity contribution in [1.29, 1.82) is 0 Å². The lowest BCUT2D eigenvalue weighted by Crippen LogP contribution is -2.21. The van der Waals surface area contributed by atoms with Crippen molar-refractivity contribution < 1.29 is 4.79 Å². The van der Waals surface area contributed by atoms with Crippen LogP contribution in [0.15, 0.2) is 89.0 Å². The van der Waals surface area contributed by atoms with Crippen molar-refractivity contribution in [3.63, 3.8) is 0 Å². The summed E-state index contributed by atoms with van der Waals surface area (Å²) < 4.78 is 1.88. The first-order chi connectivity index (χ1) is 14.7. The number of fused-ring (bicyclic) bond motifs is 2. The molecule has 5 aromatic rings. The number of anilines is 1. The van der Waals surface area contributed by atoms with Crippen LogP contribution in [0.4, 0.5) is 5.13 Å². The molecule has 1 N–H and O–H groups in total. The standard InChI is InChI=1S/C24H17N3O2S/c28-22(26-24-25-19(15-30-24)16-8-2-1-3-9-16)14-27-20-12-6-4-10-17(20)23(29)18-11-5-7-13-21(18)27/h1-13,15H,14H2,(H,25,26,28). The van der Waals surface area contributed by atoms with E-state index in [4.69, 9.17) is 0 Å². The quantitative estimate of drug-likeness (QED) is 0.427. The number of benzene rings is 3. The first-order valence-electron chi connectivity index (χ1n) is 9.52. The number of thiazole rings is 1.